The standard InChI is InChI=1S/C4H10.C4H6.C3H8.C2H6.C2H2/c2*1-3-4-2;1-3-2;2*1-2/h3-4H2,1-2H3;3-4H,1-2H2;3H2,1-2H3;1-2H3;1-2H. The van der Waals surface area contributed by atoms with Crippen molar-refractivity contribution in [2.45, 2.75) is 60.8 Å². The van der Waals surface area contributed by atoms with Crippen LogP contribution in [0.15, 0.2) is 25.3 Å². The third kappa shape index (κ3) is 1470. The van der Waals surface area contributed by atoms with E-state index >= 15 is 0 Å². The highest BCUT2D eigenvalue weighted by Gasteiger charge is 1.56. The first-order valence-corrected chi connectivity index (χ1v) is 5.81. The molecule has 0 N–H and O–H groups in total. The molecule has 0 aromatic heterocycles. The van der Waals surface area contributed by atoms with E-state index in [-0.39, 0.29) is 0 Å². The van der Waals surface area contributed by atoms with Gasteiger partial charge in [0, 0.05) is 0 Å². The second-order valence-electron chi connectivity index (χ2n) is 2.18. The first-order valence-electron chi connectivity index (χ1n) is 5.81. The minimum Gasteiger partial charge on any atom is -0.124 e. The van der Waals surface area contributed by atoms with Crippen LogP contribution in [0.4, 0.5) is 0 Å². The molecule has 0 fully saturated rings. The molecule has 0 saturated carbocycles. The van der Waals surface area contributed by atoms with Gasteiger partial charge in [0.2, 0.25) is 0 Å². The molecular formula is C15H32. The lowest BCUT2D eigenvalue weighted by molar-refractivity contribution is 0.886. The van der Waals surface area contributed by atoms with Crippen molar-refractivity contribution in [3.63, 3.8) is 0 Å². The second kappa shape index (κ2) is 116. The number of allylic oxidation sites excluding steroid dienone is 2. The van der Waals surface area contributed by atoms with Crippen molar-refractivity contribution < 1.29 is 0 Å². The Kier molecular flexibility index (Phi) is 226. The molecule has 0 heterocycles. The van der Waals surface area contributed by atoms with Crippen LogP contribution in [-0.4, -0.2) is 0 Å². The molecule has 0 unspecified atom stereocenters. The molecular weight excluding hydrogens is 180 g/mol. The summed E-state index contributed by atoms with van der Waals surface area (Å²) in [5.74, 6) is 0. The Balaban J connectivity index is -0.0000000289. The molecule has 0 amide bonds. The van der Waals surface area contributed by atoms with Crippen LogP contribution in [0.5, 0.6) is 0 Å². The Bertz CT molecular complexity index is 69.3. The molecule has 92 valence electrons. The van der Waals surface area contributed by atoms with E-state index in [1.165, 1.54) is 19.3 Å². The normalized spacial score (nSPS) is 5.07. The molecule has 0 bridgehead atoms. The van der Waals surface area contributed by atoms with Crippen LogP contribution in [0.25, 0.3) is 0 Å². The Morgan fingerprint density at radius 2 is 0.933 bits per heavy atom. The zero-order chi connectivity index (χ0) is 13.5. The fourth-order valence-electron chi connectivity index (χ4n) is 0. The van der Waals surface area contributed by atoms with E-state index in [1.54, 1.807) is 12.2 Å². The van der Waals surface area contributed by atoms with Gasteiger partial charge < -0.3 is 0 Å². The molecule has 0 aromatic rings. The summed E-state index contributed by atoms with van der Waals surface area (Å²) in [4.78, 5) is 0. The fraction of sp³-hybridized carbons (Fsp3) is 0.600. The molecule has 0 spiro atoms. The summed E-state index contributed by atoms with van der Waals surface area (Å²) in [6.07, 6.45) is 15.2. The van der Waals surface area contributed by atoms with Gasteiger partial charge in [-0.1, -0.05) is 86.1 Å². The van der Waals surface area contributed by atoms with Crippen molar-refractivity contribution in [2.75, 3.05) is 0 Å². The monoisotopic (exact) mass is 212 g/mol. The van der Waals surface area contributed by atoms with E-state index in [9.17, 15) is 0 Å². The van der Waals surface area contributed by atoms with E-state index in [4.69, 9.17) is 0 Å². The molecule has 0 atom stereocenters. The highest BCUT2D eigenvalue weighted by Crippen LogP contribution is 1.76. The predicted molar refractivity (Wildman–Crippen MR) is 78.2 cm³/mol. The Hall–Kier alpha value is -0.960. The Morgan fingerprint density at radius 1 is 0.800 bits per heavy atom. The molecule has 0 aliphatic carbocycles. The van der Waals surface area contributed by atoms with Gasteiger partial charge in [0.05, 0.1) is 0 Å². The molecule has 0 aliphatic rings. The van der Waals surface area contributed by atoms with E-state index in [1.807, 2.05) is 13.8 Å². The summed E-state index contributed by atoms with van der Waals surface area (Å²) in [6.45, 7) is 19.3. The van der Waals surface area contributed by atoms with Gasteiger partial charge in [0.1, 0.15) is 0 Å². The summed E-state index contributed by atoms with van der Waals surface area (Å²) in [5, 5.41) is 0. The van der Waals surface area contributed by atoms with Crippen molar-refractivity contribution >= 4 is 0 Å². The SMILES string of the molecule is C#C.C=CC=C.CC.CCC.CCCC. The van der Waals surface area contributed by atoms with E-state index in [0.29, 0.717) is 0 Å². The minimum absolute atomic E-state index is 1.25. The van der Waals surface area contributed by atoms with Gasteiger partial charge in [0.25, 0.3) is 0 Å². The first kappa shape index (κ1) is 29.2. The average Bonchev–Trinajstić information content (AvgIpc) is 2.35. The summed E-state index contributed by atoms with van der Waals surface area (Å²) < 4.78 is 0. The summed E-state index contributed by atoms with van der Waals surface area (Å²) in [7, 11) is 0. The lowest BCUT2D eigenvalue weighted by atomic mass is 10.4. The Morgan fingerprint density at radius 3 is 0.933 bits per heavy atom. The largest absolute Gasteiger partial charge is 0.124 e. The van der Waals surface area contributed by atoms with Gasteiger partial charge in [-0.2, -0.15) is 0 Å². The van der Waals surface area contributed by atoms with E-state index in [2.05, 4.69) is 53.7 Å². The van der Waals surface area contributed by atoms with Crippen LogP contribution < -0.4 is 0 Å². The van der Waals surface area contributed by atoms with Crippen LogP contribution in [0.1, 0.15) is 60.8 Å². The topological polar surface area (TPSA) is 0 Å². The minimum atomic E-state index is 1.25. The quantitative estimate of drug-likeness (QED) is 0.397. The Labute approximate surface area is 99.5 Å². The summed E-state index contributed by atoms with van der Waals surface area (Å²) in [6, 6.07) is 0. The molecule has 0 saturated heterocycles. The van der Waals surface area contributed by atoms with Crippen molar-refractivity contribution in [3.8, 4) is 12.8 Å². The summed E-state index contributed by atoms with van der Waals surface area (Å²) >= 11 is 0. The lowest BCUT2D eigenvalue weighted by Crippen LogP contribution is -1.47. The zero-order valence-electron chi connectivity index (χ0n) is 11.8. The van der Waals surface area contributed by atoms with Crippen LogP contribution in [-0.2, 0) is 0 Å². The van der Waals surface area contributed by atoms with Crippen LogP contribution in [0.3, 0.4) is 0 Å². The molecule has 0 heteroatoms. The first-order chi connectivity index (χ1) is 7.24. The third-order valence-corrected chi connectivity index (χ3v) is 0.667. The van der Waals surface area contributed by atoms with Gasteiger partial charge in [0.15, 0.2) is 0 Å². The van der Waals surface area contributed by atoms with Gasteiger partial charge in [-0.15, -0.1) is 12.8 Å². The molecule has 15 heavy (non-hydrogen) atoms. The number of terminal acetylenes is 1. The third-order valence-electron chi connectivity index (χ3n) is 0.667. The van der Waals surface area contributed by atoms with Gasteiger partial charge in [-0.05, 0) is 0 Å². The van der Waals surface area contributed by atoms with Crippen LogP contribution in [0, 0.1) is 12.8 Å². The van der Waals surface area contributed by atoms with Crippen molar-refractivity contribution in [1.29, 1.82) is 0 Å². The molecule has 0 radical (unpaired) electrons. The summed E-state index contributed by atoms with van der Waals surface area (Å²) in [5.41, 5.74) is 0. The zero-order valence-corrected chi connectivity index (χ0v) is 11.8. The van der Waals surface area contributed by atoms with Crippen LogP contribution >= 0.6 is 0 Å². The van der Waals surface area contributed by atoms with Crippen LogP contribution in [0.2, 0.25) is 0 Å². The molecule has 0 rings (SSSR count). The van der Waals surface area contributed by atoms with E-state index in [0.717, 1.165) is 0 Å². The van der Waals surface area contributed by atoms with Gasteiger partial charge in [-0.3, -0.25) is 0 Å². The van der Waals surface area contributed by atoms with Crippen molar-refractivity contribution in [1.82, 2.24) is 0 Å². The number of unbranched alkanes of at least 4 members (excludes halogenated alkanes) is 1. The maximum atomic E-state index is 4.00. The number of hydrogen-bond acceptors (Lipinski definition) is 0. The predicted octanol–water partition coefficient (Wildman–Crippen LogP) is 5.86. The average molecular weight is 212 g/mol. The van der Waals surface area contributed by atoms with Gasteiger partial charge in [-0.25, -0.2) is 0 Å². The lowest BCUT2D eigenvalue weighted by Gasteiger charge is -1.68. The second-order valence-corrected chi connectivity index (χ2v) is 2.18. The maximum absolute atomic E-state index is 4.00. The highest BCUT2D eigenvalue weighted by atomic mass is 13.6. The molecule has 0 aromatic carbocycles. The highest BCUT2D eigenvalue weighted by molar-refractivity contribution is 4.88. The van der Waals surface area contributed by atoms with Crippen molar-refractivity contribution in [3.05, 3.63) is 25.3 Å². The van der Waals surface area contributed by atoms with E-state index < -0.39 is 0 Å². The number of hydrogen-bond donors (Lipinski definition) is 0. The maximum Gasteiger partial charge on any atom is -0.0564 e. The van der Waals surface area contributed by atoms with Crippen molar-refractivity contribution in [2.24, 2.45) is 0 Å². The fourth-order valence-corrected chi connectivity index (χ4v) is 0. The molecule has 0 nitrogen and oxygen atoms in total. The van der Waals surface area contributed by atoms with Gasteiger partial charge >= 0.3 is 0 Å². The smallest absolute Gasteiger partial charge is 0.0564 e. The molecule has 0 aliphatic heterocycles. The number of rotatable bonds is 2.